The summed E-state index contributed by atoms with van der Waals surface area (Å²) in [6.07, 6.45) is -0.631. The highest BCUT2D eigenvalue weighted by atomic mass is 16.4. The van der Waals surface area contributed by atoms with E-state index in [1.165, 1.54) is 0 Å². The van der Waals surface area contributed by atoms with E-state index in [-0.39, 0.29) is 12.0 Å². The summed E-state index contributed by atoms with van der Waals surface area (Å²) in [5, 5.41) is 19.9. The first kappa shape index (κ1) is 12.2. The predicted octanol–water partition coefficient (Wildman–Crippen LogP) is 1.44. The molecular formula is C9H19NO3. The Kier molecular flexibility index (Phi) is 3.72. The number of amides is 1. The summed E-state index contributed by atoms with van der Waals surface area (Å²) < 4.78 is 0. The van der Waals surface area contributed by atoms with Gasteiger partial charge in [-0.25, -0.2) is 4.79 Å². The number of aliphatic hydroxyl groups excluding tert-OH is 1. The number of carboxylic acid groups (broad SMARTS) is 1. The van der Waals surface area contributed by atoms with Crippen LogP contribution in [-0.4, -0.2) is 28.5 Å². The van der Waals surface area contributed by atoms with Crippen molar-refractivity contribution in [2.45, 2.75) is 39.7 Å². The monoisotopic (exact) mass is 189 g/mol. The van der Waals surface area contributed by atoms with Crippen molar-refractivity contribution in [3.8, 4) is 0 Å². The van der Waals surface area contributed by atoms with Gasteiger partial charge in [0.2, 0.25) is 0 Å². The highest BCUT2D eigenvalue weighted by molar-refractivity contribution is 5.65. The standard InChI is InChI=1S/C9H19NO3/c1-8(2,3)9(4,5-6-11)10-7(12)13/h10-11H,5-6H2,1-4H3,(H,12,13)/t9-/m0/s1. The summed E-state index contributed by atoms with van der Waals surface area (Å²) in [7, 11) is 0. The lowest BCUT2D eigenvalue weighted by Gasteiger charge is -2.41. The van der Waals surface area contributed by atoms with Crippen molar-refractivity contribution in [3.05, 3.63) is 0 Å². The molecule has 0 aliphatic carbocycles. The fourth-order valence-corrected chi connectivity index (χ4v) is 1.08. The third-order valence-electron chi connectivity index (χ3n) is 2.65. The first-order valence-electron chi connectivity index (χ1n) is 4.35. The molecule has 0 saturated heterocycles. The van der Waals surface area contributed by atoms with Crippen LogP contribution in [0.5, 0.6) is 0 Å². The molecule has 78 valence electrons. The first-order chi connectivity index (χ1) is 5.73. The highest BCUT2D eigenvalue weighted by Crippen LogP contribution is 2.32. The maximum Gasteiger partial charge on any atom is 0.405 e. The molecule has 13 heavy (non-hydrogen) atoms. The van der Waals surface area contributed by atoms with Gasteiger partial charge < -0.3 is 15.5 Å². The van der Waals surface area contributed by atoms with E-state index in [1.807, 2.05) is 20.8 Å². The first-order valence-corrected chi connectivity index (χ1v) is 4.35. The lowest BCUT2D eigenvalue weighted by molar-refractivity contribution is 0.104. The van der Waals surface area contributed by atoms with Gasteiger partial charge in [0.15, 0.2) is 0 Å². The van der Waals surface area contributed by atoms with Crippen molar-refractivity contribution in [2.24, 2.45) is 5.41 Å². The average molecular weight is 189 g/mol. The third-order valence-corrected chi connectivity index (χ3v) is 2.65. The molecule has 0 heterocycles. The minimum atomic E-state index is -1.05. The zero-order chi connectivity index (χ0) is 10.7. The predicted molar refractivity (Wildman–Crippen MR) is 50.7 cm³/mol. The minimum absolute atomic E-state index is 0.0198. The van der Waals surface area contributed by atoms with E-state index >= 15 is 0 Å². The molecule has 0 radical (unpaired) electrons. The van der Waals surface area contributed by atoms with Crippen LogP contribution in [0, 0.1) is 5.41 Å². The summed E-state index contributed by atoms with van der Waals surface area (Å²) in [4.78, 5) is 10.5. The number of hydrogen-bond acceptors (Lipinski definition) is 2. The van der Waals surface area contributed by atoms with Crippen molar-refractivity contribution in [1.82, 2.24) is 5.32 Å². The molecule has 0 unspecified atom stereocenters. The molecule has 0 aromatic carbocycles. The van der Waals surface area contributed by atoms with Crippen LogP contribution in [-0.2, 0) is 0 Å². The van der Waals surface area contributed by atoms with Gasteiger partial charge in [0.1, 0.15) is 0 Å². The number of aliphatic hydroxyl groups is 1. The van der Waals surface area contributed by atoms with Gasteiger partial charge in [0.25, 0.3) is 0 Å². The van der Waals surface area contributed by atoms with Crippen LogP contribution in [0.4, 0.5) is 4.79 Å². The van der Waals surface area contributed by atoms with E-state index in [2.05, 4.69) is 5.32 Å². The van der Waals surface area contributed by atoms with Crippen LogP contribution in [0.25, 0.3) is 0 Å². The quantitative estimate of drug-likeness (QED) is 0.629. The maximum absolute atomic E-state index is 10.5. The van der Waals surface area contributed by atoms with Crippen molar-refractivity contribution >= 4 is 6.09 Å². The highest BCUT2D eigenvalue weighted by Gasteiger charge is 2.38. The Hall–Kier alpha value is -0.770. The molecule has 0 aromatic rings. The summed E-state index contributed by atoms with van der Waals surface area (Å²) >= 11 is 0. The summed E-state index contributed by atoms with van der Waals surface area (Å²) in [6, 6.07) is 0. The Bertz CT molecular complexity index is 186. The third kappa shape index (κ3) is 3.22. The molecule has 0 aliphatic heterocycles. The second kappa shape index (κ2) is 3.96. The topological polar surface area (TPSA) is 69.6 Å². The van der Waals surface area contributed by atoms with Crippen LogP contribution in [0.15, 0.2) is 0 Å². The Morgan fingerprint density at radius 1 is 1.31 bits per heavy atom. The number of carbonyl (C=O) groups is 1. The molecule has 0 aliphatic rings. The van der Waals surface area contributed by atoms with Gasteiger partial charge in [0, 0.05) is 12.1 Å². The normalized spacial score (nSPS) is 16.4. The van der Waals surface area contributed by atoms with E-state index in [1.54, 1.807) is 6.92 Å². The van der Waals surface area contributed by atoms with Crippen molar-refractivity contribution < 1.29 is 15.0 Å². The zero-order valence-corrected chi connectivity index (χ0v) is 8.72. The fourth-order valence-electron chi connectivity index (χ4n) is 1.08. The lowest BCUT2D eigenvalue weighted by Crippen LogP contribution is -2.55. The molecule has 0 rings (SSSR count). The number of hydrogen-bond donors (Lipinski definition) is 3. The maximum atomic E-state index is 10.5. The van der Waals surface area contributed by atoms with Crippen LogP contribution in [0.1, 0.15) is 34.1 Å². The molecule has 0 bridgehead atoms. The average Bonchev–Trinajstić information content (AvgIpc) is 1.82. The lowest BCUT2D eigenvalue weighted by atomic mass is 9.73. The molecule has 0 fully saturated rings. The Labute approximate surface area is 79.0 Å². The Morgan fingerprint density at radius 2 is 1.77 bits per heavy atom. The molecule has 0 spiro atoms. The molecule has 0 saturated carbocycles. The Balaban J connectivity index is 4.62. The second-order valence-corrected chi connectivity index (χ2v) is 4.49. The second-order valence-electron chi connectivity index (χ2n) is 4.49. The van der Waals surface area contributed by atoms with E-state index in [9.17, 15) is 4.79 Å². The molecule has 0 aromatic heterocycles. The summed E-state index contributed by atoms with van der Waals surface area (Å²) in [5.74, 6) is 0. The number of rotatable bonds is 3. The summed E-state index contributed by atoms with van der Waals surface area (Å²) in [6.45, 7) is 7.61. The minimum Gasteiger partial charge on any atom is -0.465 e. The van der Waals surface area contributed by atoms with Crippen molar-refractivity contribution in [1.29, 1.82) is 0 Å². The molecule has 3 N–H and O–H groups in total. The molecule has 4 nitrogen and oxygen atoms in total. The van der Waals surface area contributed by atoms with Gasteiger partial charge in [-0.3, -0.25) is 0 Å². The van der Waals surface area contributed by atoms with E-state index in [4.69, 9.17) is 10.2 Å². The SMILES string of the molecule is CC(C)(C)[C@](C)(CCO)NC(=O)O. The van der Waals surface area contributed by atoms with Crippen molar-refractivity contribution in [3.63, 3.8) is 0 Å². The molecular weight excluding hydrogens is 170 g/mol. The number of nitrogens with one attached hydrogen (secondary N) is 1. The van der Waals surface area contributed by atoms with Gasteiger partial charge in [-0.2, -0.15) is 0 Å². The van der Waals surface area contributed by atoms with E-state index in [0.717, 1.165) is 0 Å². The van der Waals surface area contributed by atoms with Gasteiger partial charge in [-0.1, -0.05) is 20.8 Å². The van der Waals surface area contributed by atoms with Crippen LogP contribution in [0.3, 0.4) is 0 Å². The van der Waals surface area contributed by atoms with Crippen LogP contribution in [0.2, 0.25) is 0 Å². The van der Waals surface area contributed by atoms with E-state index in [0.29, 0.717) is 6.42 Å². The smallest absolute Gasteiger partial charge is 0.405 e. The summed E-state index contributed by atoms with van der Waals surface area (Å²) in [5.41, 5.74) is -0.804. The molecule has 1 atom stereocenters. The van der Waals surface area contributed by atoms with Gasteiger partial charge >= 0.3 is 6.09 Å². The van der Waals surface area contributed by atoms with Crippen molar-refractivity contribution in [2.75, 3.05) is 6.61 Å². The van der Waals surface area contributed by atoms with Crippen LogP contribution < -0.4 is 5.32 Å². The van der Waals surface area contributed by atoms with Crippen LogP contribution >= 0.6 is 0 Å². The zero-order valence-electron chi connectivity index (χ0n) is 8.72. The largest absolute Gasteiger partial charge is 0.465 e. The van der Waals surface area contributed by atoms with Gasteiger partial charge in [-0.15, -0.1) is 0 Å². The molecule has 1 amide bonds. The Morgan fingerprint density at radius 3 is 2.00 bits per heavy atom. The molecule has 4 heteroatoms. The van der Waals surface area contributed by atoms with E-state index < -0.39 is 11.6 Å². The van der Waals surface area contributed by atoms with Gasteiger partial charge in [0.05, 0.1) is 0 Å². The van der Waals surface area contributed by atoms with Gasteiger partial charge in [-0.05, 0) is 18.8 Å². The fraction of sp³-hybridized carbons (Fsp3) is 0.889.